The van der Waals surface area contributed by atoms with E-state index in [2.05, 4.69) is 0 Å². The molecule has 0 saturated carbocycles. The zero-order valence-electron chi connectivity index (χ0n) is 13.7. The maximum Gasteiger partial charge on any atom is 0.309 e. The molecule has 114 valence electrons. The molecule has 0 radical (unpaired) electrons. The summed E-state index contributed by atoms with van der Waals surface area (Å²) < 4.78 is 0. The fourth-order valence-electron chi connectivity index (χ4n) is 0.728. The van der Waals surface area contributed by atoms with Crippen molar-refractivity contribution in [3.8, 4) is 0 Å². The van der Waals surface area contributed by atoms with Crippen LogP contribution >= 0.6 is 0 Å². The first-order valence-corrected chi connectivity index (χ1v) is 6.51. The second-order valence-electron chi connectivity index (χ2n) is 4.82. The van der Waals surface area contributed by atoms with Crippen molar-refractivity contribution in [1.29, 1.82) is 0 Å². The van der Waals surface area contributed by atoms with Gasteiger partial charge in [-0.15, -0.1) is 0 Å². The minimum Gasteiger partial charge on any atom is -0.481 e. The Kier molecular flexibility index (Phi) is 15.8. The van der Waals surface area contributed by atoms with Gasteiger partial charge in [0.2, 0.25) is 0 Å². The van der Waals surface area contributed by atoms with Crippen molar-refractivity contribution in [1.82, 2.24) is 4.90 Å². The maximum absolute atomic E-state index is 10.4. The van der Waals surface area contributed by atoms with Gasteiger partial charge < -0.3 is 15.1 Å². The Morgan fingerprint density at radius 3 is 1.79 bits per heavy atom. The van der Waals surface area contributed by atoms with E-state index in [1.807, 2.05) is 47.0 Å². The highest BCUT2D eigenvalue weighted by Crippen LogP contribution is 2.04. The number of carboxylic acid groups (broad SMARTS) is 1. The summed E-state index contributed by atoms with van der Waals surface area (Å²) in [4.78, 5) is 12.2. The molecule has 0 aromatic rings. The first kappa shape index (κ1) is 22.9. The summed E-state index contributed by atoms with van der Waals surface area (Å²) in [6, 6.07) is 0. The predicted octanol–water partition coefficient (Wildman–Crippen LogP) is 3.29. The highest BCUT2D eigenvalue weighted by atomic mass is 16.4. The summed E-state index contributed by atoms with van der Waals surface area (Å²) in [5, 5.41) is 17.1. The van der Waals surface area contributed by atoms with Crippen molar-refractivity contribution >= 4 is 5.97 Å². The molecule has 0 fully saturated rings. The summed E-state index contributed by atoms with van der Waals surface area (Å²) in [7, 11) is 3.66. The van der Waals surface area contributed by atoms with E-state index in [-0.39, 0.29) is 6.42 Å². The molecule has 19 heavy (non-hydrogen) atoms. The van der Waals surface area contributed by atoms with Crippen LogP contribution in [0.1, 0.15) is 48.0 Å². The summed E-state index contributed by atoms with van der Waals surface area (Å²) in [6.45, 7) is 11.1. The Bertz CT molecular complexity index is 268. The van der Waals surface area contributed by atoms with E-state index in [0.717, 1.165) is 5.70 Å². The van der Waals surface area contributed by atoms with Crippen LogP contribution in [-0.4, -0.2) is 40.8 Å². The quantitative estimate of drug-likeness (QED) is 0.772. The molecular formula is C15H31NO3. The Morgan fingerprint density at radius 2 is 1.58 bits per heavy atom. The van der Waals surface area contributed by atoms with Gasteiger partial charge in [-0.3, -0.25) is 4.79 Å². The molecule has 4 heteroatoms. The lowest BCUT2D eigenvalue weighted by molar-refractivity contribution is -0.136. The van der Waals surface area contributed by atoms with Crippen molar-refractivity contribution in [3.63, 3.8) is 0 Å². The third-order valence-electron chi connectivity index (χ3n) is 1.39. The summed E-state index contributed by atoms with van der Waals surface area (Å²) in [5.41, 5.74) is 0.292. The van der Waals surface area contributed by atoms with Crippen LogP contribution in [-0.2, 0) is 4.79 Å². The van der Waals surface area contributed by atoms with Gasteiger partial charge in [0.1, 0.15) is 0 Å². The molecule has 0 amide bonds. The molecule has 2 N–H and O–H groups in total. The third kappa shape index (κ3) is 31.5. The smallest absolute Gasteiger partial charge is 0.309 e. The van der Waals surface area contributed by atoms with Gasteiger partial charge in [0.15, 0.2) is 0 Å². The number of hydrogen-bond donors (Lipinski definition) is 2. The van der Waals surface area contributed by atoms with Gasteiger partial charge in [-0.25, -0.2) is 0 Å². The van der Waals surface area contributed by atoms with Gasteiger partial charge in [-0.1, -0.05) is 26.0 Å². The Labute approximate surface area is 118 Å². The molecule has 4 nitrogen and oxygen atoms in total. The predicted molar refractivity (Wildman–Crippen MR) is 82.2 cm³/mol. The molecule has 0 spiro atoms. The zero-order chi connectivity index (χ0) is 16.1. The molecular weight excluding hydrogens is 242 g/mol. The van der Waals surface area contributed by atoms with Crippen LogP contribution in [0.3, 0.4) is 0 Å². The van der Waals surface area contributed by atoms with Crippen LogP contribution in [0.2, 0.25) is 0 Å². The monoisotopic (exact) mass is 273 g/mol. The van der Waals surface area contributed by atoms with Crippen molar-refractivity contribution in [2.45, 2.75) is 53.6 Å². The van der Waals surface area contributed by atoms with E-state index in [9.17, 15) is 4.79 Å². The Morgan fingerprint density at radius 1 is 1.21 bits per heavy atom. The molecule has 0 aliphatic carbocycles. The minimum atomic E-state index is -0.806. The molecule has 0 aromatic heterocycles. The fourth-order valence-corrected chi connectivity index (χ4v) is 0.728. The van der Waals surface area contributed by atoms with Crippen molar-refractivity contribution in [2.24, 2.45) is 0 Å². The lowest BCUT2D eigenvalue weighted by Gasteiger charge is -2.14. The van der Waals surface area contributed by atoms with Gasteiger partial charge in [-0.2, -0.15) is 0 Å². The minimum absolute atomic E-state index is 0.0668. The molecule has 0 atom stereocenters. The van der Waals surface area contributed by atoms with E-state index < -0.39 is 11.6 Å². The second-order valence-corrected chi connectivity index (χ2v) is 4.82. The number of carboxylic acids is 1. The zero-order valence-corrected chi connectivity index (χ0v) is 13.7. The van der Waals surface area contributed by atoms with E-state index in [1.165, 1.54) is 0 Å². The number of nitrogens with zero attached hydrogens (tertiary/aromatic N) is 1. The fraction of sp³-hybridized carbons (Fsp3) is 0.667. The van der Waals surface area contributed by atoms with Crippen LogP contribution in [0, 0.1) is 0 Å². The van der Waals surface area contributed by atoms with Gasteiger partial charge in [-0.05, 0) is 33.8 Å². The van der Waals surface area contributed by atoms with Crippen LogP contribution in [0.25, 0.3) is 0 Å². The lowest BCUT2D eigenvalue weighted by atomic mass is 10.2. The maximum atomic E-state index is 10.4. The standard InChI is InChI=1S/C9H15NO2.C4H10O.C2H6/c1-4-5-6-8(10(2)3)7-9(11)12;1-4(2,3)5;1-2/h4-6H,7H2,1-3H3,(H,11,12);5H,1-3H3;1-2H3/b5-4+,8-6+;;. The van der Waals surface area contributed by atoms with Crippen molar-refractivity contribution in [2.75, 3.05) is 14.1 Å². The van der Waals surface area contributed by atoms with Crippen LogP contribution in [0.15, 0.2) is 23.9 Å². The molecule has 0 aliphatic rings. The van der Waals surface area contributed by atoms with Crippen molar-refractivity contribution < 1.29 is 15.0 Å². The summed E-state index contributed by atoms with van der Waals surface area (Å²) in [6.07, 6.45) is 5.56. The van der Waals surface area contributed by atoms with E-state index in [0.29, 0.717) is 0 Å². The van der Waals surface area contributed by atoms with Crippen molar-refractivity contribution in [3.05, 3.63) is 23.9 Å². The molecule has 0 aromatic carbocycles. The number of aliphatic carboxylic acids is 1. The number of carbonyl (C=O) groups is 1. The molecule has 0 rings (SSSR count). The molecule has 0 bridgehead atoms. The van der Waals surface area contributed by atoms with Gasteiger partial charge in [0.25, 0.3) is 0 Å². The number of allylic oxidation sites excluding steroid dienone is 3. The van der Waals surface area contributed by atoms with Gasteiger partial charge >= 0.3 is 5.97 Å². The molecule has 0 aliphatic heterocycles. The summed E-state index contributed by atoms with van der Waals surface area (Å²) >= 11 is 0. The van der Waals surface area contributed by atoms with Crippen LogP contribution in [0.4, 0.5) is 0 Å². The first-order valence-electron chi connectivity index (χ1n) is 6.51. The Balaban J connectivity index is -0.000000307. The normalized spacial score (nSPS) is 11.1. The van der Waals surface area contributed by atoms with Crippen LogP contribution in [0.5, 0.6) is 0 Å². The largest absolute Gasteiger partial charge is 0.481 e. The lowest BCUT2D eigenvalue weighted by Crippen LogP contribution is -2.14. The molecule has 0 heterocycles. The average Bonchev–Trinajstić information content (AvgIpc) is 2.24. The third-order valence-corrected chi connectivity index (χ3v) is 1.39. The number of hydrogen-bond acceptors (Lipinski definition) is 3. The molecule has 0 saturated heterocycles. The topological polar surface area (TPSA) is 60.8 Å². The SMILES string of the molecule is C/C=C/C=C(\CC(=O)O)N(C)C.CC.CC(C)(C)O. The van der Waals surface area contributed by atoms with Gasteiger partial charge in [0.05, 0.1) is 12.0 Å². The number of rotatable bonds is 4. The highest BCUT2D eigenvalue weighted by Gasteiger charge is 2.03. The van der Waals surface area contributed by atoms with Gasteiger partial charge in [0, 0.05) is 19.8 Å². The summed E-state index contributed by atoms with van der Waals surface area (Å²) in [5.74, 6) is -0.806. The van der Waals surface area contributed by atoms with E-state index in [4.69, 9.17) is 10.2 Å². The second kappa shape index (κ2) is 13.1. The Hall–Kier alpha value is -1.29. The first-order chi connectivity index (χ1) is 8.57. The van der Waals surface area contributed by atoms with E-state index in [1.54, 1.807) is 31.7 Å². The molecule has 0 unspecified atom stereocenters. The number of aliphatic hydroxyl groups is 1. The highest BCUT2D eigenvalue weighted by molar-refractivity contribution is 5.69. The van der Waals surface area contributed by atoms with E-state index >= 15 is 0 Å². The van der Waals surface area contributed by atoms with Crippen LogP contribution < -0.4 is 0 Å². The average molecular weight is 273 g/mol.